The minimum absolute atomic E-state index is 0.254. The quantitative estimate of drug-likeness (QED) is 0.348. The van der Waals surface area contributed by atoms with Crippen molar-refractivity contribution in [3.8, 4) is 5.75 Å². The molecule has 0 radical (unpaired) electrons. The van der Waals surface area contributed by atoms with Crippen molar-refractivity contribution in [2.45, 2.75) is 13.3 Å². The molecule has 0 N–H and O–H groups in total. The van der Waals surface area contributed by atoms with E-state index in [1.54, 1.807) is 6.08 Å². The van der Waals surface area contributed by atoms with E-state index in [0.29, 0.717) is 18.3 Å². The number of cyclic esters (lactones) is 1. The van der Waals surface area contributed by atoms with Gasteiger partial charge in [-0.05, 0) is 48.4 Å². The van der Waals surface area contributed by atoms with Crippen LogP contribution in [0.4, 0.5) is 0 Å². The lowest BCUT2D eigenvalue weighted by Crippen LogP contribution is -2.05. The van der Waals surface area contributed by atoms with Crippen molar-refractivity contribution in [2.75, 3.05) is 6.61 Å². The number of nitrogens with zero attached hydrogens (tertiary/aromatic N) is 1. The van der Waals surface area contributed by atoms with Crippen LogP contribution in [0.25, 0.3) is 6.08 Å². The minimum Gasteiger partial charge on any atom is -0.493 e. The number of halogens is 1. The van der Waals surface area contributed by atoms with E-state index in [-0.39, 0.29) is 5.70 Å². The first kappa shape index (κ1) is 20.1. The summed E-state index contributed by atoms with van der Waals surface area (Å²) < 4.78 is 12.4. The molecule has 0 unspecified atom stereocenters. The molecule has 0 bridgehead atoms. The van der Waals surface area contributed by atoms with Gasteiger partial charge in [0, 0.05) is 22.0 Å². The standard InChI is InChI=1S/C25H20BrNO3/c1-17-15-20(11-12-21(17)26)24-27-22(25(28)30-24)16-19-9-5-6-10-23(19)29-14-13-18-7-3-2-4-8-18/h2-12,15-16H,13-14H2,1H3/b22-16-. The van der Waals surface area contributed by atoms with E-state index in [1.165, 1.54) is 5.56 Å². The first-order valence-electron chi connectivity index (χ1n) is 9.65. The number of carbonyl (C=O) groups is 1. The summed E-state index contributed by atoms with van der Waals surface area (Å²) in [4.78, 5) is 16.8. The van der Waals surface area contributed by atoms with Gasteiger partial charge in [-0.2, -0.15) is 0 Å². The molecule has 0 saturated heterocycles. The van der Waals surface area contributed by atoms with E-state index in [9.17, 15) is 4.79 Å². The fourth-order valence-electron chi connectivity index (χ4n) is 3.11. The van der Waals surface area contributed by atoms with Gasteiger partial charge >= 0.3 is 5.97 Å². The van der Waals surface area contributed by atoms with Gasteiger partial charge in [-0.15, -0.1) is 0 Å². The van der Waals surface area contributed by atoms with Crippen molar-refractivity contribution in [1.82, 2.24) is 0 Å². The number of hydrogen-bond donors (Lipinski definition) is 0. The Hall–Kier alpha value is -3.18. The molecular weight excluding hydrogens is 442 g/mol. The van der Waals surface area contributed by atoms with Gasteiger partial charge in [-0.3, -0.25) is 0 Å². The Morgan fingerprint density at radius 1 is 1.03 bits per heavy atom. The van der Waals surface area contributed by atoms with Gasteiger partial charge < -0.3 is 9.47 Å². The third-order valence-corrected chi connectivity index (χ3v) is 5.62. The van der Waals surface area contributed by atoms with E-state index in [1.807, 2.05) is 67.6 Å². The predicted octanol–water partition coefficient (Wildman–Crippen LogP) is 5.72. The number of para-hydroxylation sites is 1. The molecule has 30 heavy (non-hydrogen) atoms. The van der Waals surface area contributed by atoms with Crippen LogP contribution in [0.2, 0.25) is 0 Å². The van der Waals surface area contributed by atoms with Crippen molar-refractivity contribution in [1.29, 1.82) is 0 Å². The molecule has 0 aromatic heterocycles. The Morgan fingerprint density at radius 3 is 2.60 bits per heavy atom. The summed E-state index contributed by atoms with van der Waals surface area (Å²) in [6.07, 6.45) is 2.51. The fourth-order valence-corrected chi connectivity index (χ4v) is 3.36. The second kappa shape index (κ2) is 9.09. The SMILES string of the molecule is Cc1cc(C2=N/C(=C\c3ccccc3OCCc3ccccc3)C(=O)O2)ccc1Br. The number of benzene rings is 3. The molecule has 4 rings (SSSR count). The Morgan fingerprint density at radius 2 is 1.80 bits per heavy atom. The Kier molecular flexibility index (Phi) is 6.10. The largest absolute Gasteiger partial charge is 0.493 e. The summed E-state index contributed by atoms with van der Waals surface area (Å²) in [6, 6.07) is 23.5. The molecule has 0 aliphatic carbocycles. The molecule has 0 spiro atoms. The third-order valence-electron chi connectivity index (χ3n) is 4.73. The summed E-state index contributed by atoms with van der Waals surface area (Å²) in [6.45, 7) is 2.52. The van der Waals surface area contributed by atoms with E-state index >= 15 is 0 Å². The van der Waals surface area contributed by atoms with Crippen LogP contribution in [0.5, 0.6) is 5.75 Å². The Bertz CT molecular complexity index is 1140. The molecular formula is C25H20BrNO3. The molecule has 0 saturated carbocycles. The summed E-state index contributed by atoms with van der Waals surface area (Å²) in [5.74, 6) is 0.547. The summed E-state index contributed by atoms with van der Waals surface area (Å²) in [5, 5.41) is 0. The van der Waals surface area contributed by atoms with Crippen LogP contribution in [0.3, 0.4) is 0 Å². The Balaban J connectivity index is 1.53. The lowest BCUT2D eigenvalue weighted by atomic mass is 10.1. The number of carbonyl (C=O) groups excluding carboxylic acids is 1. The van der Waals surface area contributed by atoms with Gasteiger partial charge in [0.15, 0.2) is 5.70 Å². The van der Waals surface area contributed by atoms with E-state index in [0.717, 1.165) is 27.6 Å². The van der Waals surface area contributed by atoms with Crippen LogP contribution in [0.15, 0.2) is 88.0 Å². The number of hydrogen-bond acceptors (Lipinski definition) is 4. The molecule has 150 valence electrons. The minimum atomic E-state index is -0.468. The predicted molar refractivity (Wildman–Crippen MR) is 122 cm³/mol. The summed E-state index contributed by atoms with van der Waals surface area (Å²) in [7, 11) is 0. The topological polar surface area (TPSA) is 47.9 Å². The zero-order valence-electron chi connectivity index (χ0n) is 16.5. The van der Waals surface area contributed by atoms with E-state index < -0.39 is 5.97 Å². The van der Waals surface area contributed by atoms with Crippen LogP contribution in [-0.4, -0.2) is 18.5 Å². The van der Waals surface area contributed by atoms with Gasteiger partial charge in [-0.1, -0.05) is 64.5 Å². The molecule has 1 aliphatic rings. The number of aryl methyl sites for hydroxylation is 1. The highest BCUT2D eigenvalue weighted by atomic mass is 79.9. The van der Waals surface area contributed by atoms with Crippen LogP contribution in [-0.2, 0) is 16.0 Å². The zero-order valence-corrected chi connectivity index (χ0v) is 18.1. The summed E-state index contributed by atoms with van der Waals surface area (Å²) in [5.41, 5.74) is 4.06. The second-order valence-electron chi connectivity index (χ2n) is 6.92. The summed E-state index contributed by atoms with van der Waals surface area (Å²) >= 11 is 3.48. The molecule has 0 amide bonds. The maximum absolute atomic E-state index is 12.4. The fraction of sp³-hybridized carbons (Fsp3) is 0.120. The normalized spacial score (nSPS) is 14.5. The number of aliphatic imine (C=N–C) groups is 1. The molecule has 3 aromatic carbocycles. The molecule has 5 heteroatoms. The highest BCUT2D eigenvalue weighted by molar-refractivity contribution is 9.10. The first-order valence-corrected chi connectivity index (χ1v) is 10.4. The maximum atomic E-state index is 12.4. The van der Waals surface area contributed by atoms with Gasteiger partial charge in [-0.25, -0.2) is 9.79 Å². The van der Waals surface area contributed by atoms with Gasteiger partial charge in [0.2, 0.25) is 5.90 Å². The van der Waals surface area contributed by atoms with Crippen LogP contribution < -0.4 is 4.74 Å². The van der Waals surface area contributed by atoms with Crippen molar-refractivity contribution in [3.63, 3.8) is 0 Å². The highest BCUT2D eigenvalue weighted by Crippen LogP contribution is 2.26. The smallest absolute Gasteiger partial charge is 0.363 e. The molecule has 1 aliphatic heterocycles. The van der Waals surface area contributed by atoms with Crippen molar-refractivity contribution in [2.24, 2.45) is 4.99 Å². The monoisotopic (exact) mass is 461 g/mol. The van der Waals surface area contributed by atoms with Gasteiger partial charge in [0.05, 0.1) is 6.61 Å². The first-order chi connectivity index (χ1) is 14.6. The van der Waals surface area contributed by atoms with Crippen LogP contribution in [0, 0.1) is 6.92 Å². The second-order valence-corrected chi connectivity index (χ2v) is 7.78. The van der Waals surface area contributed by atoms with Gasteiger partial charge in [0.25, 0.3) is 0 Å². The lowest BCUT2D eigenvalue weighted by molar-refractivity contribution is -0.129. The number of rotatable bonds is 6. The van der Waals surface area contributed by atoms with Gasteiger partial charge in [0.1, 0.15) is 5.75 Å². The molecule has 0 atom stereocenters. The molecule has 4 nitrogen and oxygen atoms in total. The van der Waals surface area contributed by atoms with Crippen molar-refractivity contribution < 1.29 is 14.3 Å². The molecule has 3 aromatic rings. The zero-order chi connectivity index (χ0) is 20.9. The number of esters is 1. The van der Waals surface area contributed by atoms with Crippen molar-refractivity contribution >= 4 is 33.9 Å². The number of ether oxygens (including phenoxy) is 2. The third kappa shape index (κ3) is 4.69. The average molecular weight is 462 g/mol. The Labute approximate surface area is 184 Å². The molecule has 1 heterocycles. The van der Waals surface area contributed by atoms with Crippen LogP contribution in [0.1, 0.15) is 22.3 Å². The van der Waals surface area contributed by atoms with E-state index in [2.05, 4.69) is 33.1 Å². The highest BCUT2D eigenvalue weighted by Gasteiger charge is 2.24. The molecule has 0 fully saturated rings. The average Bonchev–Trinajstić information content (AvgIpc) is 3.12. The van der Waals surface area contributed by atoms with Crippen LogP contribution >= 0.6 is 15.9 Å². The van der Waals surface area contributed by atoms with E-state index in [4.69, 9.17) is 9.47 Å². The van der Waals surface area contributed by atoms with Crippen molar-refractivity contribution in [3.05, 3.63) is 105 Å². The maximum Gasteiger partial charge on any atom is 0.363 e. The lowest BCUT2D eigenvalue weighted by Gasteiger charge is -2.09.